The van der Waals surface area contributed by atoms with Crippen LogP contribution in [0.3, 0.4) is 0 Å². The molecule has 0 unspecified atom stereocenters. The first-order chi connectivity index (χ1) is 16.7. The van der Waals surface area contributed by atoms with E-state index in [1.54, 1.807) is 0 Å². The normalized spacial score (nSPS) is 16.4. The molecular weight excluding hydrogens is 462 g/mol. The Morgan fingerprint density at radius 2 is 1.66 bits per heavy atom. The number of fused-ring (bicyclic) bond motifs is 1. The van der Waals surface area contributed by atoms with Gasteiger partial charge in [-0.2, -0.15) is 0 Å². The van der Waals surface area contributed by atoms with Crippen LogP contribution in [0.25, 0.3) is 0 Å². The van der Waals surface area contributed by atoms with E-state index in [0.29, 0.717) is 6.42 Å². The Labute approximate surface area is 211 Å². The quantitative estimate of drug-likeness (QED) is 0.421. The van der Waals surface area contributed by atoms with E-state index in [1.165, 1.54) is 10.5 Å². The van der Waals surface area contributed by atoms with Crippen molar-refractivity contribution in [2.24, 2.45) is 0 Å². The SMILES string of the molecule is Cc1ccc(CN(CC(=O)O)C(=O)CCc2ccc3c(c2)C[C@](C)(Cc2ccc(Cl)cc2)O3)cc1. The lowest BCUT2D eigenvalue weighted by Gasteiger charge is -2.24. The molecule has 0 radical (unpaired) electrons. The average molecular weight is 492 g/mol. The molecule has 1 atom stereocenters. The molecule has 0 saturated carbocycles. The third kappa shape index (κ3) is 6.64. The van der Waals surface area contributed by atoms with Gasteiger partial charge in [-0.3, -0.25) is 9.59 Å². The number of carboxylic acids is 1. The number of amides is 1. The van der Waals surface area contributed by atoms with Crippen molar-refractivity contribution in [1.29, 1.82) is 0 Å². The Balaban J connectivity index is 1.38. The smallest absolute Gasteiger partial charge is 0.323 e. The molecule has 5 nitrogen and oxygen atoms in total. The van der Waals surface area contributed by atoms with Crippen molar-refractivity contribution in [3.8, 4) is 5.75 Å². The fraction of sp³-hybridized carbons (Fsp3) is 0.310. The van der Waals surface area contributed by atoms with Crippen LogP contribution in [0, 0.1) is 6.92 Å². The van der Waals surface area contributed by atoms with Gasteiger partial charge in [-0.15, -0.1) is 0 Å². The van der Waals surface area contributed by atoms with Crippen LogP contribution >= 0.6 is 11.6 Å². The van der Waals surface area contributed by atoms with Crippen molar-refractivity contribution in [3.05, 3.63) is 99.6 Å². The first-order valence-electron chi connectivity index (χ1n) is 11.8. The van der Waals surface area contributed by atoms with Crippen LogP contribution in [0.4, 0.5) is 0 Å². The minimum absolute atomic E-state index is 0.169. The third-order valence-corrected chi connectivity index (χ3v) is 6.59. The van der Waals surface area contributed by atoms with Gasteiger partial charge < -0.3 is 14.7 Å². The van der Waals surface area contributed by atoms with Gasteiger partial charge in [0.25, 0.3) is 0 Å². The number of carbonyl (C=O) groups excluding carboxylic acids is 1. The zero-order chi connectivity index (χ0) is 25.0. The van der Waals surface area contributed by atoms with Crippen molar-refractivity contribution in [3.63, 3.8) is 0 Å². The summed E-state index contributed by atoms with van der Waals surface area (Å²) in [6.45, 7) is 4.08. The minimum Gasteiger partial charge on any atom is -0.487 e. The van der Waals surface area contributed by atoms with Gasteiger partial charge in [0.2, 0.25) is 5.91 Å². The molecule has 1 N–H and O–H groups in total. The summed E-state index contributed by atoms with van der Waals surface area (Å²) in [7, 11) is 0. The van der Waals surface area contributed by atoms with Gasteiger partial charge >= 0.3 is 5.97 Å². The van der Waals surface area contributed by atoms with Crippen LogP contribution in [-0.2, 0) is 35.4 Å². The average Bonchev–Trinajstić information content (AvgIpc) is 3.14. The molecule has 3 aromatic rings. The Morgan fingerprint density at radius 1 is 1.00 bits per heavy atom. The first-order valence-corrected chi connectivity index (χ1v) is 12.2. The van der Waals surface area contributed by atoms with Gasteiger partial charge in [0.15, 0.2) is 0 Å². The molecule has 3 aromatic carbocycles. The molecule has 0 bridgehead atoms. The number of carbonyl (C=O) groups is 2. The van der Waals surface area contributed by atoms with Crippen LogP contribution in [-0.4, -0.2) is 34.0 Å². The second kappa shape index (κ2) is 10.5. The molecule has 4 rings (SSSR count). The molecular formula is C29H30ClNO4. The number of ether oxygens (including phenoxy) is 1. The van der Waals surface area contributed by atoms with E-state index in [-0.39, 0.29) is 31.0 Å². The predicted molar refractivity (Wildman–Crippen MR) is 137 cm³/mol. The molecule has 0 aliphatic carbocycles. The molecule has 0 spiro atoms. The van der Waals surface area contributed by atoms with Gasteiger partial charge in [-0.25, -0.2) is 0 Å². The standard InChI is InChI=1S/C29H30ClNO4/c1-20-3-5-23(6-4-20)18-31(19-28(33)34)27(32)14-10-21-9-13-26-24(15-21)17-29(2,35-26)16-22-7-11-25(30)12-8-22/h3-9,11-13,15H,10,14,16-19H2,1-2H3,(H,33,34)/t29-/m0/s1. The van der Waals surface area contributed by atoms with Crippen molar-refractivity contribution in [2.45, 2.75) is 51.7 Å². The minimum atomic E-state index is -1.01. The molecule has 0 fully saturated rings. The molecule has 35 heavy (non-hydrogen) atoms. The summed E-state index contributed by atoms with van der Waals surface area (Å²) in [5.41, 5.74) is 5.05. The van der Waals surface area contributed by atoms with Crippen LogP contribution in [0.1, 0.15) is 41.2 Å². The summed E-state index contributed by atoms with van der Waals surface area (Å²) in [5.74, 6) is -0.305. The maximum absolute atomic E-state index is 12.9. The van der Waals surface area contributed by atoms with Gasteiger partial charge in [0.1, 0.15) is 17.9 Å². The number of nitrogens with zero attached hydrogens (tertiary/aromatic N) is 1. The lowest BCUT2D eigenvalue weighted by molar-refractivity contribution is -0.144. The third-order valence-electron chi connectivity index (χ3n) is 6.34. The molecule has 1 aliphatic rings. The summed E-state index contributed by atoms with van der Waals surface area (Å²) in [6.07, 6.45) is 2.35. The van der Waals surface area contributed by atoms with Crippen LogP contribution in [0.2, 0.25) is 5.02 Å². The van der Waals surface area contributed by atoms with E-state index in [9.17, 15) is 14.7 Å². The van der Waals surface area contributed by atoms with E-state index in [4.69, 9.17) is 16.3 Å². The second-order valence-corrected chi connectivity index (χ2v) is 10.0. The maximum atomic E-state index is 12.9. The highest BCUT2D eigenvalue weighted by molar-refractivity contribution is 6.30. The fourth-order valence-corrected chi connectivity index (χ4v) is 4.71. The van der Waals surface area contributed by atoms with E-state index in [2.05, 4.69) is 13.0 Å². The lowest BCUT2D eigenvalue weighted by atomic mass is 9.91. The number of aryl methyl sites for hydroxylation is 2. The molecule has 1 aliphatic heterocycles. The Bertz CT molecular complexity index is 1210. The fourth-order valence-electron chi connectivity index (χ4n) is 4.58. The van der Waals surface area contributed by atoms with E-state index in [1.807, 2.05) is 67.6 Å². The Hall–Kier alpha value is -3.31. The van der Waals surface area contributed by atoms with E-state index < -0.39 is 5.97 Å². The summed E-state index contributed by atoms with van der Waals surface area (Å²) >= 11 is 6.01. The van der Waals surface area contributed by atoms with Crippen LogP contribution in [0.15, 0.2) is 66.7 Å². The molecule has 1 heterocycles. The van der Waals surface area contributed by atoms with Gasteiger partial charge in [-0.05, 0) is 60.7 Å². The Morgan fingerprint density at radius 3 is 2.34 bits per heavy atom. The second-order valence-electron chi connectivity index (χ2n) is 9.60. The first kappa shape index (κ1) is 24.8. The van der Waals surface area contributed by atoms with Crippen molar-refractivity contribution < 1.29 is 19.4 Å². The van der Waals surface area contributed by atoms with Gasteiger partial charge in [0.05, 0.1) is 0 Å². The zero-order valence-corrected chi connectivity index (χ0v) is 20.8. The van der Waals surface area contributed by atoms with E-state index >= 15 is 0 Å². The topological polar surface area (TPSA) is 66.8 Å². The number of rotatable bonds is 9. The molecule has 6 heteroatoms. The molecule has 182 valence electrons. The lowest BCUT2D eigenvalue weighted by Crippen LogP contribution is -2.35. The van der Waals surface area contributed by atoms with E-state index in [0.717, 1.165) is 45.9 Å². The number of aliphatic carboxylic acids is 1. The highest BCUT2D eigenvalue weighted by Crippen LogP contribution is 2.37. The number of carboxylic acid groups (broad SMARTS) is 1. The highest BCUT2D eigenvalue weighted by Gasteiger charge is 2.35. The summed E-state index contributed by atoms with van der Waals surface area (Å²) in [6, 6.07) is 21.7. The van der Waals surface area contributed by atoms with Crippen molar-refractivity contribution >= 4 is 23.5 Å². The van der Waals surface area contributed by atoms with Crippen LogP contribution in [0.5, 0.6) is 5.75 Å². The molecule has 0 saturated heterocycles. The van der Waals surface area contributed by atoms with Crippen molar-refractivity contribution in [1.82, 2.24) is 4.90 Å². The van der Waals surface area contributed by atoms with Crippen LogP contribution < -0.4 is 4.74 Å². The highest BCUT2D eigenvalue weighted by atomic mass is 35.5. The monoisotopic (exact) mass is 491 g/mol. The molecule has 0 aromatic heterocycles. The van der Waals surface area contributed by atoms with Gasteiger partial charge in [-0.1, -0.05) is 65.7 Å². The summed E-state index contributed by atoms with van der Waals surface area (Å²) in [4.78, 5) is 25.7. The number of hydrogen-bond donors (Lipinski definition) is 1. The summed E-state index contributed by atoms with van der Waals surface area (Å²) in [5, 5.41) is 10.0. The largest absolute Gasteiger partial charge is 0.487 e. The number of halogens is 1. The number of hydrogen-bond acceptors (Lipinski definition) is 3. The predicted octanol–water partition coefficient (Wildman–Crippen LogP) is 5.63. The van der Waals surface area contributed by atoms with Crippen molar-refractivity contribution in [2.75, 3.05) is 6.54 Å². The maximum Gasteiger partial charge on any atom is 0.323 e. The summed E-state index contributed by atoms with van der Waals surface area (Å²) < 4.78 is 6.29. The zero-order valence-electron chi connectivity index (χ0n) is 20.1. The Kier molecular flexibility index (Phi) is 7.46. The van der Waals surface area contributed by atoms with Gasteiger partial charge in [0, 0.05) is 30.8 Å². The molecule has 1 amide bonds. The number of benzene rings is 3.